The molecule has 0 saturated heterocycles. The molecule has 0 aromatic heterocycles. The predicted octanol–water partition coefficient (Wildman–Crippen LogP) is 4.97. The van der Waals surface area contributed by atoms with E-state index >= 15 is 0 Å². The third kappa shape index (κ3) is 4.23. The average Bonchev–Trinajstić information content (AvgIpc) is 2.26. The molecular formula is C18H27BrO2. The number of methoxy groups -OCH3 is 1. The van der Waals surface area contributed by atoms with Crippen LogP contribution in [0, 0.1) is 10.8 Å². The highest BCUT2D eigenvalue weighted by atomic mass is 79.9. The van der Waals surface area contributed by atoms with Crippen molar-refractivity contribution in [2.24, 2.45) is 10.8 Å². The third-order valence-corrected chi connectivity index (χ3v) is 5.12. The van der Waals surface area contributed by atoms with E-state index in [1.165, 1.54) is 0 Å². The van der Waals surface area contributed by atoms with E-state index in [0.717, 1.165) is 35.0 Å². The Morgan fingerprint density at radius 2 is 1.67 bits per heavy atom. The molecule has 3 heteroatoms. The molecule has 1 aliphatic rings. The van der Waals surface area contributed by atoms with Crippen LogP contribution in [0.4, 0.5) is 0 Å². The van der Waals surface area contributed by atoms with Gasteiger partial charge >= 0.3 is 0 Å². The lowest BCUT2D eigenvalue weighted by molar-refractivity contribution is -0.0851. The van der Waals surface area contributed by atoms with Gasteiger partial charge in [-0.05, 0) is 53.9 Å². The minimum atomic E-state index is -0.653. The number of hydrogen-bond donors (Lipinski definition) is 1. The number of hydrogen-bond acceptors (Lipinski definition) is 2. The summed E-state index contributed by atoms with van der Waals surface area (Å²) in [5.41, 5.74) is 0.800. The SMILES string of the molecule is COc1ccc(Br)c(CC2(O)CC(C)(C)CC(C)(C)C2)c1. The van der Waals surface area contributed by atoms with E-state index < -0.39 is 5.60 Å². The number of ether oxygens (including phenoxy) is 1. The molecule has 1 aliphatic carbocycles. The monoisotopic (exact) mass is 354 g/mol. The zero-order valence-corrected chi connectivity index (χ0v) is 15.4. The maximum Gasteiger partial charge on any atom is 0.119 e. The van der Waals surface area contributed by atoms with Crippen molar-refractivity contribution in [3.63, 3.8) is 0 Å². The van der Waals surface area contributed by atoms with Gasteiger partial charge in [-0.3, -0.25) is 0 Å². The molecule has 1 fully saturated rings. The lowest BCUT2D eigenvalue weighted by atomic mass is 9.58. The van der Waals surface area contributed by atoms with E-state index in [0.29, 0.717) is 6.42 Å². The van der Waals surface area contributed by atoms with Crippen molar-refractivity contribution in [1.82, 2.24) is 0 Å². The number of aliphatic hydroxyl groups is 1. The van der Waals surface area contributed by atoms with Gasteiger partial charge < -0.3 is 9.84 Å². The fraction of sp³-hybridized carbons (Fsp3) is 0.667. The smallest absolute Gasteiger partial charge is 0.119 e. The normalized spacial score (nSPS) is 22.8. The summed E-state index contributed by atoms with van der Waals surface area (Å²) in [6, 6.07) is 5.96. The molecule has 2 rings (SSSR count). The minimum absolute atomic E-state index is 0.168. The first-order valence-corrected chi connectivity index (χ1v) is 8.38. The summed E-state index contributed by atoms with van der Waals surface area (Å²) >= 11 is 3.60. The molecule has 1 saturated carbocycles. The molecule has 0 amide bonds. The van der Waals surface area contributed by atoms with Gasteiger partial charge in [0, 0.05) is 10.9 Å². The summed E-state index contributed by atoms with van der Waals surface area (Å²) in [5, 5.41) is 11.2. The second-order valence-corrected chi connectivity index (χ2v) is 9.07. The number of benzene rings is 1. The lowest BCUT2D eigenvalue weighted by Gasteiger charge is -2.49. The van der Waals surface area contributed by atoms with Crippen molar-refractivity contribution in [2.45, 2.75) is 59.0 Å². The Morgan fingerprint density at radius 1 is 1.10 bits per heavy atom. The highest BCUT2D eigenvalue weighted by molar-refractivity contribution is 9.10. The van der Waals surface area contributed by atoms with E-state index in [-0.39, 0.29) is 10.8 Å². The Bertz CT molecular complexity index is 504. The molecule has 0 radical (unpaired) electrons. The maximum atomic E-state index is 11.2. The van der Waals surface area contributed by atoms with Gasteiger partial charge in [0.15, 0.2) is 0 Å². The van der Waals surface area contributed by atoms with Gasteiger partial charge in [-0.1, -0.05) is 43.6 Å². The van der Waals surface area contributed by atoms with Crippen LogP contribution < -0.4 is 4.74 Å². The summed E-state index contributed by atoms with van der Waals surface area (Å²) in [6.45, 7) is 9.05. The minimum Gasteiger partial charge on any atom is -0.497 e. The summed E-state index contributed by atoms with van der Waals surface area (Å²) in [5.74, 6) is 0.839. The van der Waals surface area contributed by atoms with Gasteiger partial charge in [0.05, 0.1) is 12.7 Å². The van der Waals surface area contributed by atoms with Crippen molar-refractivity contribution in [3.8, 4) is 5.75 Å². The van der Waals surface area contributed by atoms with Crippen LogP contribution in [-0.4, -0.2) is 17.8 Å². The molecule has 0 unspecified atom stereocenters. The first kappa shape index (κ1) is 16.8. The fourth-order valence-electron chi connectivity index (χ4n) is 4.56. The Hall–Kier alpha value is -0.540. The van der Waals surface area contributed by atoms with Crippen LogP contribution >= 0.6 is 15.9 Å². The van der Waals surface area contributed by atoms with Crippen LogP contribution in [-0.2, 0) is 6.42 Å². The van der Waals surface area contributed by atoms with Crippen molar-refractivity contribution in [2.75, 3.05) is 7.11 Å². The first-order valence-electron chi connectivity index (χ1n) is 7.59. The van der Waals surface area contributed by atoms with Crippen LogP contribution in [0.25, 0.3) is 0 Å². The van der Waals surface area contributed by atoms with E-state index in [4.69, 9.17) is 4.74 Å². The molecule has 0 spiro atoms. The Balaban J connectivity index is 2.28. The molecule has 118 valence electrons. The fourth-order valence-corrected chi connectivity index (χ4v) is 4.94. The Morgan fingerprint density at radius 3 is 2.19 bits per heavy atom. The summed E-state index contributed by atoms with van der Waals surface area (Å²) in [6.07, 6.45) is 3.50. The van der Waals surface area contributed by atoms with Crippen LogP contribution in [0.5, 0.6) is 5.75 Å². The highest BCUT2D eigenvalue weighted by Crippen LogP contribution is 2.51. The van der Waals surface area contributed by atoms with Gasteiger partial charge in [-0.2, -0.15) is 0 Å². The van der Waals surface area contributed by atoms with Crippen molar-refractivity contribution >= 4 is 15.9 Å². The highest BCUT2D eigenvalue weighted by Gasteiger charge is 2.46. The largest absolute Gasteiger partial charge is 0.497 e. The van der Waals surface area contributed by atoms with E-state index in [1.807, 2.05) is 18.2 Å². The number of halogens is 1. The number of rotatable bonds is 3. The standard InChI is InChI=1S/C18H27BrO2/c1-16(2)10-17(3,4)12-18(20,11-16)9-13-8-14(21-5)6-7-15(13)19/h6-8,20H,9-12H2,1-5H3. The van der Waals surface area contributed by atoms with Crippen molar-refractivity contribution in [3.05, 3.63) is 28.2 Å². The van der Waals surface area contributed by atoms with Gasteiger partial charge in [-0.15, -0.1) is 0 Å². The second kappa shape index (κ2) is 5.58. The summed E-state index contributed by atoms with van der Waals surface area (Å²) < 4.78 is 6.35. The zero-order chi connectivity index (χ0) is 15.9. The third-order valence-electron chi connectivity index (χ3n) is 4.34. The molecule has 0 atom stereocenters. The van der Waals surface area contributed by atoms with E-state index in [2.05, 4.69) is 43.6 Å². The van der Waals surface area contributed by atoms with Gasteiger partial charge in [0.1, 0.15) is 5.75 Å². The molecule has 0 heterocycles. The molecule has 2 nitrogen and oxygen atoms in total. The second-order valence-electron chi connectivity index (χ2n) is 8.22. The van der Waals surface area contributed by atoms with Crippen LogP contribution in [0.15, 0.2) is 22.7 Å². The quantitative estimate of drug-likeness (QED) is 0.830. The average molecular weight is 355 g/mol. The first-order chi connectivity index (χ1) is 9.54. The Kier molecular flexibility index (Phi) is 4.47. The van der Waals surface area contributed by atoms with E-state index in [1.54, 1.807) is 7.11 Å². The molecule has 1 aromatic carbocycles. The lowest BCUT2D eigenvalue weighted by Crippen LogP contribution is -2.47. The molecule has 1 aromatic rings. The molecule has 21 heavy (non-hydrogen) atoms. The topological polar surface area (TPSA) is 29.5 Å². The molecule has 0 bridgehead atoms. The van der Waals surface area contributed by atoms with Crippen LogP contribution in [0.3, 0.4) is 0 Å². The molecule has 1 N–H and O–H groups in total. The van der Waals surface area contributed by atoms with Gasteiger partial charge in [-0.25, -0.2) is 0 Å². The van der Waals surface area contributed by atoms with Crippen LogP contribution in [0.1, 0.15) is 52.5 Å². The van der Waals surface area contributed by atoms with E-state index in [9.17, 15) is 5.11 Å². The van der Waals surface area contributed by atoms with Gasteiger partial charge in [0.2, 0.25) is 0 Å². The molecule has 0 aliphatic heterocycles. The van der Waals surface area contributed by atoms with Crippen LogP contribution in [0.2, 0.25) is 0 Å². The summed E-state index contributed by atoms with van der Waals surface area (Å²) in [4.78, 5) is 0. The van der Waals surface area contributed by atoms with Gasteiger partial charge in [0.25, 0.3) is 0 Å². The predicted molar refractivity (Wildman–Crippen MR) is 90.8 cm³/mol. The maximum absolute atomic E-state index is 11.2. The van der Waals surface area contributed by atoms with Crippen molar-refractivity contribution in [1.29, 1.82) is 0 Å². The summed E-state index contributed by atoms with van der Waals surface area (Å²) in [7, 11) is 1.68. The van der Waals surface area contributed by atoms with Crippen molar-refractivity contribution < 1.29 is 9.84 Å². The molecular weight excluding hydrogens is 328 g/mol. The Labute approximate surface area is 137 Å². The zero-order valence-electron chi connectivity index (χ0n) is 13.8.